The largest absolute Gasteiger partial charge is 0.496 e. The number of benzene rings is 1. The molecule has 3 aromatic heterocycles. The van der Waals surface area contributed by atoms with Crippen molar-refractivity contribution in [2.75, 3.05) is 7.11 Å². The highest BCUT2D eigenvalue weighted by molar-refractivity contribution is 7.98. The van der Waals surface area contributed by atoms with Gasteiger partial charge in [0.15, 0.2) is 11.0 Å². The van der Waals surface area contributed by atoms with Crippen LogP contribution in [0.25, 0.3) is 21.3 Å². The molecule has 0 N–H and O–H groups in total. The first-order valence-corrected chi connectivity index (χ1v) is 11.2. The van der Waals surface area contributed by atoms with Crippen LogP contribution in [0, 0.1) is 0 Å². The van der Waals surface area contributed by atoms with Crippen LogP contribution in [0.1, 0.15) is 12.6 Å². The van der Waals surface area contributed by atoms with E-state index >= 15 is 0 Å². The Bertz CT molecular complexity index is 1020. The maximum absolute atomic E-state index is 5.45. The van der Waals surface area contributed by atoms with Gasteiger partial charge in [-0.25, -0.2) is 4.98 Å². The molecule has 0 spiro atoms. The van der Waals surface area contributed by atoms with Gasteiger partial charge in [0.25, 0.3) is 0 Å². The number of rotatable bonds is 7. The van der Waals surface area contributed by atoms with Gasteiger partial charge in [-0.05, 0) is 30.5 Å². The standard InChI is InChI=1S/C19H18N4OS3/c1-3-23-17(16-9-6-10-25-16)21-22-19(23)27-12-13-11-26-18(20-13)14-7-4-5-8-15(14)24-2/h4-11H,3,12H2,1-2H3. The lowest BCUT2D eigenvalue weighted by molar-refractivity contribution is 0.416. The number of methoxy groups -OCH3 is 1. The zero-order valence-corrected chi connectivity index (χ0v) is 17.4. The predicted molar refractivity (Wildman–Crippen MR) is 113 cm³/mol. The van der Waals surface area contributed by atoms with Gasteiger partial charge in [-0.1, -0.05) is 30.0 Å². The van der Waals surface area contributed by atoms with Gasteiger partial charge < -0.3 is 9.30 Å². The zero-order chi connectivity index (χ0) is 18.6. The third kappa shape index (κ3) is 3.78. The fraction of sp³-hybridized carbons (Fsp3) is 0.211. The summed E-state index contributed by atoms with van der Waals surface area (Å²) in [6.07, 6.45) is 0. The summed E-state index contributed by atoms with van der Waals surface area (Å²) in [4.78, 5) is 5.92. The van der Waals surface area contributed by atoms with Crippen molar-refractivity contribution >= 4 is 34.4 Å². The second-order valence-corrected chi connectivity index (χ2v) is 8.41. The predicted octanol–water partition coefficient (Wildman–Crippen LogP) is 5.45. The van der Waals surface area contributed by atoms with E-state index in [0.29, 0.717) is 0 Å². The van der Waals surface area contributed by atoms with E-state index in [1.54, 1.807) is 41.5 Å². The minimum atomic E-state index is 0.758. The van der Waals surface area contributed by atoms with Gasteiger partial charge in [0.2, 0.25) is 0 Å². The quantitative estimate of drug-likeness (QED) is 0.376. The van der Waals surface area contributed by atoms with Crippen LogP contribution in [0.4, 0.5) is 0 Å². The Labute approximate surface area is 170 Å². The first-order chi connectivity index (χ1) is 13.3. The summed E-state index contributed by atoms with van der Waals surface area (Å²) >= 11 is 4.99. The summed E-state index contributed by atoms with van der Waals surface area (Å²) in [7, 11) is 1.69. The molecule has 0 aliphatic heterocycles. The molecule has 0 radical (unpaired) electrons. The molecule has 0 unspecified atom stereocenters. The van der Waals surface area contributed by atoms with Crippen molar-refractivity contribution in [3.05, 3.63) is 52.9 Å². The third-order valence-electron chi connectivity index (χ3n) is 4.01. The summed E-state index contributed by atoms with van der Waals surface area (Å²) in [5.41, 5.74) is 2.06. The molecule has 8 heteroatoms. The van der Waals surface area contributed by atoms with E-state index in [4.69, 9.17) is 9.72 Å². The SMILES string of the molecule is CCn1c(SCc2csc(-c3ccccc3OC)n2)nnc1-c1cccs1. The van der Waals surface area contributed by atoms with Crippen LogP contribution < -0.4 is 4.74 Å². The molecule has 4 aromatic rings. The maximum Gasteiger partial charge on any atom is 0.191 e. The van der Waals surface area contributed by atoms with Gasteiger partial charge in [-0.2, -0.15) is 0 Å². The average Bonchev–Trinajstić information content (AvgIpc) is 3.46. The van der Waals surface area contributed by atoms with Crippen molar-refractivity contribution in [2.24, 2.45) is 0 Å². The zero-order valence-electron chi connectivity index (χ0n) is 15.0. The second kappa shape index (κ2) is 8.24. The molecule has 0 saturated heterocycles. The summed E-state index contributed by atoms with van der Waals surface area (Å²) in [6.45, 7) is 2.96. The monoisotopic (exact) mass is 414 g/mol. The molecule has 0 saturated carbocycles. The molecule has 5 nitrogen and oxygen atoms in total. The first-order valence-electron chi connectivity index (χ1n) is 8.47. The highest BCUT2D eigenvalue weighted by atomic mass is 32.2. The van der Waals surface area contributed by atoms with Crippen molar-refractivity contribution in [2.45, 2.75) is 24.4 Å². The number of thiophene rings is 1. The van der Waals surface area contributed by atoms with Crippen molar-refractivity contribution in [3.63, 3.8) is 0 Å². The molecule has 0 bridgehead atoms. The minimum Gasteiger partial charge on any atom is -0.496 e. The van der Waals surface area contributed by atoms with Gasteiger partial charge in [0.05, 0.1) is 23.2 Å². The number of hydrogen-bond donors (Lipinski definition) is 0. The van der Waals surface area contributed by atoms with E-state index < -0.39 is 0 Å². The first kappa shape index (κ1) is 18.2. The van der Waals surface area contributed by atoms with E-state index in [-0.39, 0.29) is 0 Å². The van der Waals surface area contributed by atoms with E-state index in [1.165, 1.54) is 0 Å². The van der Waals surface area contributed by atoms with Crippen LogP contribution in [0.5, 0.6) is 5.75 Å². The van der Waals surface area contributed by atoms with E-state index in [2.05, 4.69) is 38.5 Å². The molecule has 0 amide bonds. The lowest BCUT2D eigenvalue weighted by Gasteiger charge is -2.05. The highest BCUT2D eigenvalue weighted by Crippen LogP contribution is 2.34. The highest BCUT2D eigenvalue weighted by Gasteiger charge is 2.15. The van der Waals surface area contributed by atoms with Gasteiger partial charge >= 0.3 is 0 Å². The van der Waals surface area contributed by atoms with Crippen LogP contribution in [0.3, 0.4) is 0 Å². The minimum absolute atomic E-state index is 0.758. The van der Waals surface area contributed by atoms with Crippen molar-refractivity contribution in [3.8, 4) is 27.0 Å². The van der Waals surface area contributed by atoms with E-state index in [1.807, 2.05) is 30.3 Å². The Kier molecular flexibility index (Phi) is 5.56. The Morgan fingerprint density at radius 2 is 2.00 bits per heavy atom. The molecule has 0 atom stereocenters. The molecule has 0 fully saturated rings. The lowest BCUT2D eigenvalue weighted by atomic mass is 10.2. The Balaban J connectivity index is 1.51. The number of nitrogens with zero attached hydrogens (tertiary/aromatic N) is 4. The van der Waals surface area contributed by atoms with Gasteiger partial charge in [-0.15, -0.1) is 32.9 Å². The smallest absolute Gasteiger partial charge is 0.191 e. The number of thioether (sulfide) groups is 1. The van der Waals surface area contributed by atoms with Gasteiger partial charge in [-0.3, -0.25) is 0 Å². The number of aromatic nitrogens is 4. The second-order valence-electron chi connectivity index (χ2n) is 5.66. The number of thiazole rings is 1. The molecule has 1 aromatic carbocycles. The Hall–Kier alpha value is -2.16. The van der Waals surface area contributed by atoms with E-state index in [0.717, 1.165) is 50.2 Å². The lowest BCUT2D eigenvalue weighted by Crippen LogP contribution is -1.99. The summed E-state index contributed by atoms with van der Waals surface area (Å²) in [5.74, 6) is 2.54. The topological polar surface area (TPSA) is 52.8 Å². The summed E-state index contributed by atoms with van der Waals surface area (Å²) < 4.78 is 7.60. The number of hydrogen-bond acceptors (Lipinski definition) is 7. The Morgan fingerprint density at radius 1 is 1.11 bits per heavy atom. The third-order valence-corrected chi connectivity index (χ3v) is 6.80. The molecular formula is C19H18N4OS3. The molecule has 4 rings (SSSR count). The van der Waals surface area contributed by atoms with Gasteiger partial charge in [0.1, 0.15) is 10.8 Å². The maximum atomic E-state index is 5.45. The Morgan fingerprint density at radius 3 is 2.78 bits per heavy atom. The van der Waals surface area contributed by atoms with Gasteiger partial charge in [0, 0.05) is 17.7 Å². The summed E-state index contributed by atoms with van der Waals surface area (Å²) in [6, 6.07) is 12.1. The molecule has 3 heterocycles. The fourth-order valence-corrected chi connectivity index (χ4v) is 5.29. The fourth-order valence-electron chi connectivity index (χ4n) is 2.73. The van der Waals surface area contributed by atoms with Crippen molar-refractivity contribution < 1.29 is 4.74 Å². The molecule has 0 aliphatic rings. The van der Waals surface area contributed by atoms with Crippen LogP contribution in [0.2, 0.25) is 0 Å². The molecule has 138 valence electrons. The molecular weight excluding hydrogens is 396 g/mol. The summed E-state index contributed by atoms with van der Waals surface area (Å²) in [5, 5.41) is 14.8. The molecule has 0 aliphatic carbocycles. The van der Waals surface area contributed by atoms with Crippen molar-refractivity contribution in [1.29, 1.82) is 0 Å². The van der Waals surface area contributed by atoms with Crippen LogP contribution in [0.15, 0.2) is 52.3 Å². The van der Waals surface area contributed by atoms with Crippen LogP contribution in [-0.4, -0.2) is 26.9 Å². The van der Waals surface area contributed by atoms with Crippen LogP contribution in [-0.2, 0) is 12.3 Å². The van der Waals surface area contributed by atoms with Crippen LogP contribution >= 0.6 is 34.4 Å². The molecule has 27 heavy (non-hydrogen) atoms. The number of ether oxygens (including phenoxy) is 1. The normalized spacial score (nSPS) is 11.0. The van der Waals surface area contributed by atoms with E-state index in [9.17, 15) is 0 Å². The van der Waals surface area contributed by atoms with Crippen molar-refractivity contribution in [1.82, 2.24) is 19.7 Å². The number of para-hydroxylation sites is 1. The average molecular weight is 415 g/mol.